The van der Waals surface area contributed by atoms with Crippen molar-refractivity contribution in [2.24, 2.45) is 5.73 Å². The van der Waals surface area contributed by atoms with Gasteiger partial charge >= 0.3 is 0 Å². The molecule has 0 saturated carbocycles. The van der Waals surface area contributed by atoms with Crippen LogP contribution in [0.15, 0.2) is 60.8 Å². The summed E-state index contributed by atoms with van der Waals surface area (Å²) in [7, 11) is 0. The second-order valence-electron chi connectivity index (χ2n) is 6.96. The van der Waals surface area contributed by atoms with Crippen molar-refractivity contribution in [1.29, 1.82) is 0 Å². The Balaban J connectivity index is 1.82. The average Bonchev–Trinajstić information content (AvgIpc) is 2.73. The molecule has 0 aliphatic carbocycles. The van der Waals surface area contributed by atoms with Crippen molar-refractivity contribution in [3.63, 3.8) is 0 Å². The van der Waals surface area contributed by atoms with E-state index in [4.69, 9.17) is 22.1 Å². The van der Waals surface area contributed by atoms with Gasteiger partial charge in [-0.05, 0) is 66.9 Å². The number of halogens is 1. The van der Waals surface area contributed by atoms with Crippen molar-refractivity contribution in [2.45, 2.75) is 13.8 Å². The standard InChI is InChI=1S/C24H20ClN3O2/c1-3-30-18-7-9-20(22(25)12-18)23-19-8-6-15(10-17(19)13-27-28-23)21-11-16(24(26)29)5-4-14(21)2/h4-13H,3H2,1-2H3,(H2,26,29). The monoisotopic (exact) mass is 417 g/mol. The normalized spacial score (nSPS) is 10.9. The van der Waals surface area contributed by atoms with Gasteiger partial charge in [-0.25, -0.2) is 0 Å². The minimum absolute atomic E-state index is 0.449. The van der Waals surface area contributed by atoms with Crippen molar-refractivity contribution in [3.8, 4) is 28.1 Å². The highest BCUT2D eigenvalue weighted by molar-refractivity contribution is 6.33. The van der Waals surface area contributed by atoms with E-state index in [1.165, 1.54) is 0 Å². The number of primary amides is 1. The van der Waals surface area contributed by atoms with Crippen molar-refractivity contribution < 1.29 is 9.53 Å². The van der Waals surface area contributed by atoms with Gasteiger partial charge in [-0.1, -0.05) is 29.8 Å². The van der Waals surface area contributed by atoms with Gasteiger partial charge in [0.05, 0.1) is 17.8 Å². The van der Waals surface area contributed by atoms with Gasteiger partial charge in [0.15, 0.2) is 0 Å². The van der Waals surface area contributed by atoms with Gasteiger partial charge in [-0.2, -0.15) is 5.10 Å². The first-order valence-corrected chi connectivity index (χ1v) is 9.94. The van der Waals surface area contributed by atoms with Crippen LogP contribution in [-0.4, -0.2) is 22.7 Å². The summed E-state index contributed by atoms with van der Waals surface area (Å²) in [6.45, 7) is 4.50. The second kappa shape index (κ2) is 8.13. The molecule has 1 aromatic heterocycles. The summed E-state index contributed by atoms with van der Waals surface area (Å²) in [5, 5.41) is 10.9. The van der Waals surface area contributed by atoms with E-state index in [1.807, 2.05) is 56.3 Å². The van der Waals surface area contributed by atoms with Crippen LogP contribution in [-0.2, 0) is 0 Å². The fourth-order valence-corrected chi connectivity index (χ4v) is 3.74. The largest absolute Gasteiger partial charge is 0.494 e. The Kier molecular flexibility index (Phi) is 5.38. The molecule has 4 rings (SSSR count). The summed E-state index contributed by atoms with van der Waals surface area (Å²) in [5.74, 6) is 0.266. The van der Waals surface area contributed by atoms with E-state index in [0.717, 1.165) is 33.0 Å². The minimum Gasteiger partial charge on any atom is -0.494 e. The van der Waals surface area contributed by atoms with Crippen molar-refractivity contribution in [3.05, 3.63) is 76.9 Å². The van der Waals surface area contributed by atoms with E-state index < -0.39 is 5.91 Å². The number of nitrogens with zero attached hydrogens (tertiary/aromatic N) is 2. The van der Waals surface area contributed by atoms with Crippen LogP contribution in [0, 0.1) is 6.92 Å². The van der Waals surface area contributed by atoms with Crippen LogP contribution in [0.5, 0.6) is 5.75 Å². The molecule has 0 aliphatic rings. The molecule has 1 heterocycles. The third-order valence-corrected chi connectivity index (χ3v) is 5.31. The lowest BCUT2D eigenvalue weighted by atomic mass is 9.95. The maximum atomic E-state index is 11.6. The molecule has 0 aliphatic heterocycles. The van der Waals surface area contributed by atoms with Gasteiger partial charge in [0, 0.05) is 21.9 Å². The van der Waals surface area contributed by atoms with Gasteiger partial charge in [0.2, 0.25) is 5.91 Å². The Morgan fingerprint density at radius 3 is 2.63 bits per heavy atom. The minimum atomic E-state index is -0.449. The summed E-state index contributed by atoms with van der Waals surface area (Å²) in [6.07, 6.45) is 1.72. The molecule has 0 bridgehead atoms. The molecule has 30 heavy (non-hydrogen) atoms. The summed E-state index contributed by atoms with van der Waals surface area (Å²) >= 11 is 6.50. The molecule has 0 spiro atoms. The van der Waals surface area contributed by atoms with Gasteiger partial charge < -0.3 is 10.5 Å². The van der Waals surface area contributed by atoms with Crippen LogP contribution in [0.1, 0.15) is 22.8 Å². The van der Waals surface area contributed by atoms with Crippen LogP contribution in [0.3, 0.4) is 0 Å². The van der Waals surface area contributed by atoms with E-state index in [2.05, 4.69) is 10.2 Å². The molecule has 0 unspecified atom stereocenters. The van der Waals surface area contributed by atoms with E-state index >= 15 is 0 Å². The Morgan fingerprint density at radius 2 is 1.90 bits per heavy atom. The molecule has 0 fully saturated rings. The maximum Gasteiger partial charge on any atom is 0.248 e. The predicted octanol–water partition coefficient (Wildman–Crippen LogP) is 5.42. The van der Waals surface area contributed by atoms with Crippen LogP contribution in [0.4, 0.5) is 0 Å². The highest BCUT2D eigenvalue weighted by Gasteiger charge is 2.13. The number of amides is 1. The van der Waals surface area contributed by atoms with Crippen LogP contribution in [0.25, 0.3) is 33.2 Å². The van der Waals surface area contributed by atoms with Gasteiger partial charge in [-0.3, -0.25) is 4.79 Å². The number of rotatable bonds is 5. The first kappa shape index (κ1) is 19.9. The van der Waals surface area contributed by atoms with Crippen molar-refractivity contribution >= 4 is 28.3 Å². The van der Waals surface area contributed by atoms with Gasteiger partial charge in [-0.15, -0.1) is 5.10 Å². The summed E-state index contributed by atoms with van der Waals surface area (Å²) < 4.78 is 5.51. The molecular weight excluding hydrogens is 398 g/mol. The molecule has 1 amide bonds. The van der Waals surface area contributed by atoms with Crippen molar-refractivity contribution in [2.75, 3.05) is 6.61 Å². The molecule has 2 N–H and O–H groups in total. The molecule has 0 radical (unpaired) electrons. The number of carbonyl (C=O) groups is 1. The van der Waals surface area contributed by atoms with Crippen LogP contribution in [0.2, 0.25) is 5.02 Å². The molecule has 150 valence electrons. The lowest BCUT2D eigenvalue weighted by molar-refractivity contribution is 0.100. The number of carbonyl (C=O) groups excluding carboxylic acids is 1. The van der Waals surface area contributed by atoms with Crippen LogP contribution >= 0.6 is 11.6 Å². The Morgan fingerprint density at radius 1 is 1.07 bits per heavy atom. The third-order valence-electron chi connectivity index (χ3n) is 5.00. The number of aryl methyl sites for hydroxylation is 1. The first-order valence-electron chi connectivity index (χ1n) is 9.57. The van der Waals surface area contributed by atoms with E-state index in [9.17, 15) is 4.79 Å². The zero-order valence-corrected chi connectivity index (χ0v) is 17.4. The summed E-state index contributed by atoms with van der Waals surface area (Å²) in [4.78, 5) is 11.6. The summed E-state index contributed by atoms with van der Waals surface area (Å²) in [5.41, 5.74) is 10.4. The maximum absolute atomic E-state index is 11.6. The second-order valence-corrected chi connectivity index (χ2v) is 7.37. The number of fused-ring (bicyclic) bond motifs is 1. The topological polar surface area (TPSA) is 78.1 Å². The molecule has 6 heteroatoms. The number of ether oxygens (including phenoxy) is 1. The van der Waals surface area contributed by atoms with E-state index in [0.29, 0.717) is 28.6 Å². The Labute approximate surface area is 179 Å². The highest BCUT2D eigenvalue weighted by Crippen LogP contribution is 2.35. The zero-order valence-electron chi connectivity index (χ0n) is 16.6. The molecule has 5 nitrogen and oxygen atoms in total. The number of nitrogens with two attached hydrogens (primary N) is 1. The first-order chi connectivity index (χ1) is 14.5. The smallest absolute Gasteiger partial charge is 0.248 e. The number of hydrogen-bond donors (Lipinski definition) is 1. The Hall–Kier alpha value is -3.44. The van der Waals surface area contributed by atoms with Crippen LogP contribution < -0.4 is 10.5 Å². The predicted molar refractivity (Wildman–Crippen MR) is 120 cm³/mol. The summed E-state index contributed by atoms with van der Waals surface area (Å²) in [6, 6.07) is 17.0. The third kappa shape index (κ3) is 3.72. The fraction of sp³-hybridized carbons (Fsp3) is 0.125. The number of aromatic nitrogens is 2. The molecule has 0 saturated heterocycles. The van der Waals surface area contributed by atoms with Crippen molar-refractivity contribution in [1.82, 2.24) is 10.2 Å². The lowest BCUT2D eigenvalue weighted by Crippen LogP contribution is -2.10. The quantitative estimate of drug-likeness (QED) is 0.470. The van der Waals surface area contributed by atoms with Gasteiger partial charge in [0.1, 0.15) is 11.4 Å². The SMILES string of the molecule is CCOc1ccc(-c2nncc3cc(-c4cc(C(N)=O)ccc4C)ccc23)c(Cl)c1. The highest BCUT2D eigenvalue weighted by atomic mass is 35.5. The lowest BCUT2D eigenvalue weighted by Gasteiger charge is -2.12. The molecule has 0 atom stereocenters. The number of hydrogen-bond acceptors (Lipinski definition) is 4. The molecule has 4 aromatic rings. The zero-order chi connectivity index (χ0) is 21.3. The fourth-order valence-electron chi connectivity index (χ4n) is 3.48. The average molecular weight is 418 g/mol. The number of benzene rings is 3. The van der Waals surface area contributed by atoms with E-state index in [-0.39, 0.29) is 0 Å². The van der Waals surface area contributed by atoms with Gasteiger partial charge in [0.25, 0.3) is 0 Å². The molecule has 3 aromatic carbocycles. The Bertz CT molecular complexity index is 1270. The van der Waals surface area contributed by atoms with E-state index in [1.54, 1.807) is 18.3 Å². The molecular formula is C24H20ClN3O2.